The minimum Gasteiger partial charge on any atom is -0.399 e. The summed E-state index contributed by atoms with van der Waals surface area (Å²) in [4.78, 5) is 0. The second-order valence-electron chi connectivity index (χ2n) is 5.79. The number of halogens is 4. The van der Waals surface area contributed by atoms with Crippen LogP contribution in [0.4, 0.5) is 18.9 Å². The third-order valence-corrected chi connectivity index (χ3v) is 4.65. The van der Waals surface area contributed by atoms with Gasteiger partial charge in [-0.05, 0) is 58.8 Å². The molecule has 2 aromatic carbocycles. The summed E-state index contributed by atoms with van der Waals surface area (Å²) in [6.07, 6.45) is -2.55. The molecule has 0 aliphatic heterocycles. The van der Waals surface area contributed by atoms with Crippen LogP contribution >= 0.6 is 22.6 Å². The predicted octanol–water partition coefficient (Wildman–Crippen LogP) is 5.11. The van der Waals surface area contributed by atoms with E-state index in [1.165, 1.54) is 6.07 Å². The molecule has 0 atom stereocenters. The van der Waals surface area contributed by atoms with Crippen LogP contribution in [0.1, 0.15) is 16.7 Å². The van der Waals surface area contributed by atoms with E-state index in [0.717, 1.165) is 32.5 Å². The van der Waals surface area contributed by atoms with E-state index in [0.29, 0.717) is 17.8 Å². The molecule has 1 heterocycles. The lowest BCUT2D eigenvalue weighted by molar-refractivity contribution is -0.137. The maximum absolute atomic E-state index is 12.9. The van der Waals surface area contributed by atoms with Crippen molar-refractivity contribution in [1.82, 2.24) is 9.78 Å². The number of hydrogen-bond donors (Lipinski definition) is 1. The zero-order valence-electron chi connectivity index (χ0n) is 13.3. The standard InChI is InChI=1S/C18H15F3IN3/c1-11-7-12(5-6-16(11)23)9-25-10-15(22)17(24-25)13-3-2-4-14(8-13)18(19,20)21/h2-8,10H,9,23H2,1H3. The fraction of sp³-hybridized carbons (Fsp3) is 0.167. The highest BCUT2D eigenvalue weighted by Crippen LogP contribution is 2.33. The number of nitrogens with two attached hydrogens (primary N) is 1. The first-order chi connectivity index (χ1) is 11.7. The number of rotatable bonds is 3. The molecule has 130 valence electrons. The van der Waals surface area contributed by atoms with Crippen LogP contribution in [0, 0.1) is 10.5 Å². The van der Waals surface area contributed by atoms with Gasteiger partial charge in [-0.3, -0.25) is 4.68 Å². The Balaban J connectivity index is 1.91. The lowest BCUT2D eigenvalue weighted by Gasteiger charge is -2.08. The summed E-state index contributed by atoms with van der Waals surface area (Å²) >= 11 is 2.09. The molecule has 0 fully saturated rings. The SMILES string of the molecule is Cc1cc(Cn2cc(I)c(-c3cccc(C(F)(F)F)c3)n2)ccc1N. The van der Waals surface area contributed by atoms with Gasteiger partial charge in [-0.25, -0.2) is 0 Å². The zero-order valence-corrected chi connectivity index (χ0v) is 15.5. The summed E-state index contributed by atoms with van der Waals surface area (Å²) in [7, 11) is 0. The maximum Gasteiger partial charge on any atom is 0.416 e. The molecule has 0 spiro atoms. The molecule has 3 rings (SSSR count). The Labute approximate surface area is 156 Å². The first-order valence-corrected chi connectivity index (χ1v) is 8.57. The molecule has 2 N–H and O–H groups in total. The van der Waals surface area contributed by atoms with E-state index in [9.17, 15) is 13.2 Å². The topological polar surface area (TPSA) is 43.8 Å². The third kappa shape index (κ3) is 3.97. The lowest BCUT2D eigenvalue weighted by atomic mass is 10.1. The van der Waals surface area contributed by atoms with Crippen molar-refractivity contribution in [3.05, 3.63) is 68.9 Å². The van der Waals surface area contributed by atoms with E-state index in [1.54, 1.807) is 10.7 Å². The first kappa shape index (κ1) is 17.8. The fourth-order valence-corrected chi connectivity index (χ4v) is 3.28. The zero-order chi connectivity index (χ0) is 18.2. The number of aromatic nitrogens is 2. The first-order valence-electron chi connectivity index (χ1n) is 7.49. The number of nitrogen functional groups attached to an aromatic ring is 1. The molecular weight excluding hydrogens is 442 g/mol. The van der Waals surface area contributed by atoms with Gasteiger partial charge in [-0.1, -0.05) is 24.3 Å². The van der Waals surface area contributed by atoms with E-state index < -0.39 is 11.7 Å². The van der Waals surface area contributed by atoms with Crippen LogP contribution in [0.25, 0.3) is 11.3 Å². The highest BCUT2D eigenvalue weighted by molar-refractivity contribution is 14.1. The van der Waals surface area contributed by atoms with Crippen LogP contribution in [0.5, 0.6) is 0 Å². The monoisotopic (exact) mass is 457 g/mol. The molecule has 3 nitrogen and oxygen atoms in total. The number of nitrogens with zero attached hydrogens (tertiary/aromatic N) is 2. The van der Waals surface area contributed by atoms with Gasteiger partial charge in [0, 0.05) is 17.4 Å². The van der Waals surface area contributed by atoms with Gasteiger partial charge in [0.2, 0.25) is 0 Å². The number of alkyl halides is 3. The number of benzene rings is 2. The lowest BCUT2D eigenvalue weighted by Crippen LogP contribution is -2.05. The molecule has 0 radical (unpaired) electrons. The molecule has 0 aliphatic rings. The summed E-state index contributed by atoms with van der Waals surface area (Å²) < 4.78 is 41.2. The van der Waals surface area contributed by atoms with Crippen LogP contribution in [-0.4, -0.2) is 9.78 Å². The summed E-state index contributed by atoms with van der Waals surface area (Å²) in [6, 6.07) is 11.0. The molecule has 7 heteroatoms. The molecule has 0 unspecified atom stereocenters. The summed E-state index contributed by atoms with van der Waals surface area (Å²) in [6.45, 7) is 2.45. The van der Waals surface area contributed by atoms with Crippen LogP contribution in [0.3, 0.4) is 0 Å². The van der Waals surface area contributed by atoms with Gasteiger partial charge in [-0.15, -0.1) is 0 Å². The average molecular weight is 457 g/mol. The summed E-state index contributed by atoms with van der Waals surface area (Å²) in [5.41, 5.74) is 8.87. The second kappa shape index (κ2) is 6.70. The van der Waals surface area contributed by atoms with Gasteiger partial charge >= 0.3 is 6.18 Å². The van der Waals surface area contributed by atoms with Gasteiger partial charge in [0.25, 0.3) is 0 Å². The highest BCUT2D eigenvalue weighted by atomic mass is 127. The number of anilines is 1. The molecule has 1 aromatic heterocycles. The van der Waals surface area contributed by atoms with E-state index in [1.807, 2.05) is 31.3 Å². The molecule has 25 heavy (non-hydrogen) atoms. The molecular formula is C18H15F3IN3. The van der Waals surface area contributed by atoms with E-state index in [2.05, 4.69) is 27.7 Å². The van der Waals surface area contributed by atoms with Crippen molar-refractivity contribution in [1.29, 1.82) is 0 Å². The van der Waals surface area contributed by atoms with Crippen molar-refractivity contribution in [3.63, 3.8) is 0 Å². The summed E-state index contributed by atoms with van der Waals surface area (Å²) in [5.74, 6) is 0. The highest BCUT2D eigenvalue weighted by Gasteiger charge is 2.30. The minimum absolute atomic E-state index is 0.450. The van der Waals surface area contributed by atoms with Gasteiger partial charge in [0.15, 0.2) is 0 Å². The van der Waals surface area contributed by atoms with Crippen molar-refractivity contribution in [2.24, 2.45) is 0 Å². The fourth-order valence-electron chi connectivity index (χ4n) is 2.54. The molecule has 0 saturated carbocycles. The predicted molar refractivity (Wildman–Crippen MR) is 100 cm³/mol. The average Bonchev–Trinajstić information content (AvgIpc) is 2.91. The Bertz CT molecular complexity index is 916. The Morgan fingerprint density at radius 1 is 1.16 bits per heavy atom. The van der Waals surface area contributed by atoms with Crippen LogP contribution in [0.2, 0.25) is 0 Å². The molecule has 3 aromatic rings. The second-order valence-corrected chi connectivity index (χ2v) is 6.95. The number of aryl methyl sites for hydroxylation is 1. The van der Waals surface area contributed by atoms with Crippen molar-refractivity contribution >= 4 is 28.3 Å². The van der Waals surface area contributed by atoms with E-state index in [4.69, 9.17) is 5.73 Å². The maximum atomic E-state index is 12.9. The summed E-state index contributed by atoms with van der Waals surface area (Å²) in [5, 5.41) is 4.46. The Morgan fingerprint density at radius 3 is 2.60 bits per heavy atom. The Morgan fingerprint density at radius 2 is 1.92 bits per heavy atom. The third-order valence-electron chi connectivity index (χ3n) is 3.86. The van der Waals surface area contributed by atoms with Crippen LogP contribution in [-0.2, 0) is 12.7 Å². The largest absolute Gasteiger partial charge is 0.416 e. The number of hydrogen-bond acceptors (Lipinski definition) is 2. The molecule has 0 bridgehead atoms. The van der Waals surface area contributed by atoms with Crippen LogP contribution in [0.15, 0.2) is 48.7 Å². The van der Waals surface area contributed by atoms with E-state index in [-0.39, 0.29) is 0 Å². The molecule has 0 saturated heterocycles. The van der Waals surface area contributed by atoms with Crippen molar-refractivity contribution < 1.29 is 13.2 Å². The van der Waals surface area contributed by atoms with Gasteiger partial charge in [0.05, 0.1) is 15.7 Å². The van der Waals surface area contributed by atoms with Gasteiger partial charge < -0.3 is 5.73 Å². The van der Waals surface area contributed by atoms with Crippen molar-refractivity contribution in [2.45, 2.75) is 19.6 Å². The Hall–Kier alpha value is -2.03. The molecule has 0 amide bonds. The normalized spacial score (nSPS) is 11.7. The quantitative estimate of drug-likeness (QED) is 0.439. The van der Waals surface area contributed by atoms with Gasteiger partial charge in [-0.2, -0.15) is 18.3 Å². The van der Waals surface area contributed by atoms with Crippen molar-refractivity contribution in [2.75, 3.05) is 5.73 Å². The molecule has 0 aliphatic carbocycles. The minimum atomic E-state index is -4.37. The van der Waals surface area contributed by atoms with Crippen LogP contribution < -0.4 is 5.73 Å². The smallest absolute Gasteiger partial charge is 0.399 e. The van der Waals surface area contributed by atoms with Crippen molar-refractivity contribution in [3.8, 4) is 11.3 Å². The Kier molecular flexibility index (Phi) is 4.77. The van der Waals surface area contributed by atoms with E-state index >= 15 is 0 Å². The van der Waals surface area contributed by atoms with Gasteiger partial charge in [0.1, 0.15) is 5.69 Å².